The molecular weight excluding hydrogens is 280 g/mol. The van der Waals surface area contributed by atoms with E-state index in [0.29, 0.717) is 26.3 Å². The molecular formula is C17H24N2O3. The molecule has 0 atom stereocenters. The van der Waals surface area contributed by atoms with Crippen molar-refractivity contribution in [1.29, 1.82) is 0 Å². The van der Waals surface area contributed by atoms with Gasteiger partial charge in [0.15, 0.2) is 0 Å². The Balaban J connectivity index is 1.88. The largest absolute Gasteiger partial charge is 0.381 e. The quantitative estimate of drug-likeness (QED) is 0.904. The van der Waals surface area contributed by atoms with E-state index in [1.54, 1.807) is 11.8 Å². The molecule has 1 N–H and O–H groups in total. The molecule has 120 valence electrons. The first-order valence-corrected chi connectivity index (χ1v) is 7.79. The maximum Gasteiger partial charge on any atom is 0.223 e. The lowest BCUT2D eigenvalue weighted by Gasteiger charge is -2.25. The minimum Gasteiger partial charge on any atom is -0.381 e. The Kier molecular flexibility index (Phi) is 5.95. The molecule has 1 aromatic carbocycles. The Morgan fingerprint density at radius 3 is 2.59 bits per heavy atom. The van der Waals surface area contributed by atoms with Crippen LogP contribution in [0.1, 0.15) is 25.3 Å². The van der Waals surface area contributed by atoms with Crippen LogP contribution >= 0.6 is 0 Å². The zero-order valence-corrected chi connectivity index (χ0v) is 13.3. The summed E-state index contributed by atoms with van der Waals surface area (Å²) in [6.45, 7) is 5.78. The van der Waals surface area contributed by atoms with Crippen LogP contribution in [-0.4, -0.2) is 38.1 Å². The number of aryl methyl sites for hydroxylation is 1. The highest BCUT2D eigenvalue weighted by Gasteiger charge is 2.21. The Hall–Kier alpha value is -1.88. The highest BCUT2D eigenvalue weighted by atomic mass is 16.5. The predicted molar refractivity (Wildman–Crippen MR) is 85.8 cm³/mol. The summed E-state index contributed by atoms with van der Waals surface area (Å²) in [6.07, 6.45) is 1.56. The number of anilines is 1. The van der Waals surface area contributed by atoms with Crippen molar-refractivity contribution in [3.05, 3.63) is 29.8 Å². The van der Waals surface area contributed by atoms with Crippen molar-refractivity contribution in [3.8, 4) is 0 Å². The lowest BCUT2D eigenvalue weighted by atomic mass is 9.99. The van der Waals surface area contributed by atoms with Crippen LogP contribution in [-0.2, 0) is 14.3 Å². The van der Waals surface area contributed by atoms with Crippen LogP contribution in [0.2, 0.25) is 0 Å². The Morgan fingerprint density at radius 2 is 1.95 bits per heavy atom. The van der Waals surface area contributed by atoms with E-state index in [0.717, 1.165) is 24.1 Å². The number of ether oxygens (including phenoxy) is 1. The number of hydrogen-bond acceptors (Lipinski definition) is 3. The van der Waals surface area contributed by atoms with Crippen molar-refractivity contribution in [2.24, 2.45) is 5.92 Å². The molecule has 0 unspecified atom stereocenters. The molecule has 2 rings (SSSR count). The van der Waals surface area contributed by atoms with E-state index in [9.17, 15) is 9.59 Å². The Labute approximate surface area is 131 Å². The lowest BCUT2D eigenvalue weighted by Crippen LogP contribution is -2.41. The van der Waals surface area contributed by atoms with Gasteiger partial charge < -0.3 is 15.0 Å². The van der Waals surface area contributed by atoms with E-state index in [1.165, 1.54) is 0 Å². The summed E-state index contributed by atoms with van der Waals surface area (Å²) < 4.78 is 5.26. The second kappa shape index (κ2) is 7.94. The zero-order chi connectivity index (χ0) is 15.9. The molecule has 0 aliphatic carbocycles. The number of nitrogens with one attached hydrogen (secondary N) is 1. The number of para-hydroxylation sites is 1. The van der Waals surface area contributed by atoms with Gasteiger partial charge in [0, 0.05) is 44.8 Å². The smallest absolute Gasteiger partial charge is 0.223 e. The number of hydrogen-bond donors (Lipinski definition) is 1. The third-order valence-electron chi connectivity index (χ3n) is 4.01. The fourth-order valence-electron chi connectivity index (χ4n) is 2.71. The molecule has 0 bridgehead atoms. The molecule has 22 heavy (non-hydrogen) atoms. The number of carbonyl (C=O) groups excluding carboxylic acids is 2. The molecule has 1 aliphatic heterocycles. The van der Waals surface area contributed by atoms with Crippen molar-refractivity contribution >= 4 is 17.5 Å². The molecule has 0 saturated carbocycles. The topological polar surface area (TPSA) is 58.6 Å². The molecule has 0 spiro atoms. The van der Waals surface area contributed by atoms with Crippen molar-refractivity contribution in [2.75, 3.05) is 31.2 Å². The van der Waals surface area contributed by atoms with Crippen molar-refractivity contribution < 1.29 is 14.3 Å². The van der Waals surface area contributed by atoms with Crippen LogP contribution in [0.15, 0.2) is 24.3 Å². The summed E-state index contributed by atoms with van der Waals surface area (Å²) in [7, 11) is 0. The first kappa shape index (κ1) is 16.5. The van der Waals surface area contributed by atoms with E-state index in [-0.39, 0.29) is 17.7 Å². The Bertz CT molecular complexity index is 524. The van der Waals surface area contributed by atoms with E-state index in [2.05, 4.69) is 5.32 Å². The standard InChI is InChI=1S/C17H24N2O3/c1-13-5-3-4-6-16(13)19(14(2)20)10-9-18-17(21)15-7-11-22-12-8-15/h3-6,15H,7-12H2,1-2H3,(H,18,21). The average Bonchev–Trinajstić information content (AvgIpc) is 2.53. The third-order valence-corrected chi connectivity index (χ3v) is 4.01. The second-order valence-electron chi connectivity index (χ2n) is 5.63. The molecule has 1 fully saturated rings. The van der Waals surface area contributed by atoms with Crippen LogP contribution < -0.4 is 10.2 Å². The van der Waals surface area contributed by atoms with Gasteiger partial charge in [-0.3, -0.25) is 9.59 Å². The summed E-state index contributed by atoms with van der Waals surface area (Å²) in [5.41, 5.74) is 1.95. The minimum absolute atomic E-state index is 0.0189. The summed E-state index contributed by atoms with van der Waals surface area (Å²) in [5, 5.41) is 2.94. The molecule has 0 aromatic heterocycles. The highest BCUT2D eigenvalue weighted by Crippen LogP contribution is 2.19. The van der Waals surface area contributed by atoms with Crippen molar-refractivity contribution in [1.82, 2.24) is 5.32 Å². The number of benzene rings is 1. The molecule has 1 aliphatic rings. The summed E-state index contributed by atoms with van der Waals surface area (Å²) in [6, 6.07) is 7.77. The molecule has 2 amide bonds. The number of rotatable bonds is 5. The normalized spacial score (nSPS) is 15.4. The average molecular weight is 304 g/mol. The van der Waals surface area contributed by atoms with E-state index < -0.39 is 0 Å². The van der Waals surface area contributed by atoms with Gasteiger partial charge in [0.2, 0.25) is 11.8 Å². The molecule has 1 saturated heterocycles. The van der Waals surface area contributed by atoms with Crippen LogP contribution in [0, 0.1) is 12.8 Å². The second-order valence-corrected chi connectivity index (χ2v) is 5.63. The van der Waals surface area contributed by atoms with Gasteiger partial charge in [0.05, 0.1) is 0 Å². The summed E-state index contributed by atoms with van der Waals surface area (Å²) in [4.78, 5) is 25.7. The van der Waals surface area contributed by atoms with E-state index in [4.69, 9.17) is 4.74 Å². The van der Waals surface area contributed by atoms with E-state index >= 15 is 0 Å². The van der Waals surface area contributed by atoms with Crippen molar-refractivity contribution in [2.45, 2.75) is 26.7 Å². The van der Waals surface area contributed by atoms with Gasteiger partial charge in [-0.1, -0.05) is 18.2 Å². The summed E-state index contributed by atoms with van der Waals surface area (Å²) in [5.74, 6) is 0.0872. The van der Waals surface area contributed by atoms with Crippen molar-refractivity contribution in [3.63, 3.8) is 0 Å². The number of amides is 2. The molecule has 1 heterocycles. The molecule has 1 aromatic rings. The first-order chi connectivity index (χ1) is 10.6. The van der Waals surface area contributed by atoms with Crippen LogP contribution in [0.4, 0.5) is 5.69 Å². The van der Waals surface area contributed by atoms with Crippen LogP contribution in [0.3, 0.4) is 0 Å². The molecule has 5 heteroatoms. The number of carbonyl (C=O) groups is 2. The van der Waals surface area contributed by atoms with Gasteiger partial charge in [-0.15, -0.1) is 0 Å². The Morgan fingerprint density at radius 1 is 1.27 bits per heavy atom. The summed E-state index contributed by atoms with van der Waals surface area (Å²) >= 11 is 0. The minimum atomic E-state index is -0.0189. The maximum absolute atomic E-state index is 12.1. The van der Waals surface area contributed by atoms with Gasteiger partial charge >= 0.3 is 0 Å². The third kappa shape index (κ3) is 4.31. The fourth-order valence-corrected chi connectivity index (χ4v) is 2.71. The van der Waals surface area contributed by atoms with Gasteiger partial charge in [-0.05, 0) is 31.4 Å². The fraction of sp³-hybridized carbons (Fsp3) is 0.529. The molecule has 5 nitrogen and oxygen atoms in total. The zero-order valence-electron chi connectivity index (χ0n) is 13.3. The maximum atomic E-state index is 12.1. The van der Waals surface area contributed by atoms with E-state index in [1.807, 2.05) is 31.2 Å². The predicted octanol–water partition coefficient (Wildman–Crippen LogP) is 1.89. The van der Waals surface area contributed by atoms with Crippen LogP contribution in [0.5, 0.6) is 0 Å². The van der Waals surface area contributed by atoms with Gasteiger partial charge in [-0.2, -0.15) is 0 Å². The van der Waals surface area contributed by atoms with Crippen LogP contribution in [0.25, 0.3) is 0 Å². The van der Waals surface area contributed by atoms with Gasteiger partial charge in [-0.25, -0.2) is 0 Å². The highest BCUT2D eigenvalue weighted by molar-refractivity contribution is 5.92. The lowest BCUT2D eigenvalue weighted by molar-refractivity contribution is -0.127. The molecule has 0 radical (unpaired) electrons. The monoisotopic (exact) mass is 304 g/mol. The van der Waals surface area contributed by atoms with Gasteiger partial charge in [0.1, 0.15) is 0 Å². The first-order valence-electron chi connectivity index (χ1n) is 7.79. The van der Waals surface area contributed by atoms with Gasteiger partial charge in [0.25, 0.3) is 0 Å². The number of nitrogens with zero attached hydrogens (tertiary/aromatic N) is 1. The SMILES string of the molecule is CC(=O)N(CCNC(=O)C1CCOCC1)c1ccccc1C.